The number of nitrogens with one attached hydrogen (secondary N) is 1. The van der Waals surface area contributed by atoms with Crippen LogP contribution < -0.4 is 5.56 Å². The van der Waals surface area contributed by atoms with Gasteiger partial charge in [0.25, 0.3) is 5.56 Å². The van der Waals surface area contributed by atoms with Crippen LogP contribution in [0.2, 0.25) is 0 Å². The summed E-state index contributed by atoms with van der Waals surface area (Å²) in [6.07, 6.45) is 5.72. The first-order chi connectivity index (χ1) is 8.72. The molecule has 0 saturated heterocycles. The summed E-state index contributed by atoms with van der Waals surface area (Å²) in [5.74, 6) is 2.17. The Hall–Kier alpha value is -1.16. The predicted octanol–water partition coefficient (Wildman–Crippen LogP) is 2.99. The molecule has 1 atom stereocenters. The van der Waals surface area contributed by atoms with E-state index in [2.05, 4.69) is 11.9 Å². The first kappa shape index (κ1) is 10.7. The molecular weight excluding hydrogens is 244 g/mol. The van der Waals surface area contributed by atoms with Crippen molar-refractivity contribution in [3.63, 3.8) is 0 Å². The molecule has 0 aromatic carbocycles. The number of aromatic nitrogens is 2. The molecule has 18 heavy (non-hydrogen) atoms. The number of hydrogen-bond acceptors (Lipinski definition) is 3. The molecule has 1 N–H and O–H groups in total. The molecule has 0 unspecified atom stereocenters. The Morgan fingerprint density at radius 3 is 2.94 bits per heavy atom. The van der Waals surface area contributed by atoms with Crippen molar-refractivity contribution in [2.75, 3.05) is 0 Å². The second-order valence-corrected chi connectivity index (χ2v) is 6.84. The van der Waals surface area contributed by atoms with Gasteiger partial charge in [0.1, 0.15) is 10.7 Å². The third-order valence-corrected chi connectivity index (χ3v) is 5.30. The summed E-state index contributed by atoms with van der Waals surface area (Å²) in [6, 6.07) is 0. The zero-order valence-corrected chi connectivity index (χ0v) is 11.3. The maximum Gasteiger partial charge on any atom is 0.259 e. The molecular formula is C14H16N2OS. The fraction of sp³-hybridized carbons (Fsp3) is 0.571. The van der Waals surface area contributed by atoms with Gasteiger partial charge < -0.3 is 4.98 Å². The molecule has 2 aliphatic rings. The van der Waals surface area contributed by atoms with Crippen molar-refractivity contribution in [1.29, 1.82) is 0 Å². The highest BCUT2D eigenvalue weighted by atomic mass is 32.1. The Balaban J connectivity index is 1.95. The Morgan fingerprint density at radius 1 is 1.33 bits per heavy atom. The summed E-state index contributed by atoms with van der Waals surface area (Å²) < 4.78 is 0. The number of thiophene rings is 1. The zero-order valence-electron chi connectivity index (χ0n) is 10.5. The van der Waals surface area contributed by atoms with E-state index in [9.17, 15) is 4.79 Å². The molecule has 0 spiro atoms. The lowest BCUT2D eigenvalue weighted by atomic mass is 9.89. The molecule has 1 fully saturated rings. The van der Waals surface area contributed by atoms with Crippen molar-refractivity contribution in [1.82, 2.24) is 9.97 Å². The highest BCUT2D eigenvalue weighted by Gasteiger charge is 2.28. The SMILES string of the molecule is C[C@H]1CCc2c(sc3nc(C4CC4)[nH]c(=O)c23)C1. The second-order valence-electron chi connectivity index (χ2n) is 5.76. The maximum absolute atomic E-state index is 12.3. The van der Waals surface area contributed by atoms with E-state index in [4.69, 9.17) is 4.98 Å². The summed E-state index contributed by atoms with van der Waals surface area (Å²) in [7, 11) is 0. The third-order valence-electron chi connectivity index (χ3n) is 4.15. The monoisotopic (exact) mass is 260 g/mol. The second kappa shape index (κ2) is 3.67. The lowest BCUT2D eigenvalue weighted by Crippen LogP contribution is -2.14. The molecule has 0 bridgehead atoms. The highest BCUT2D eigenvalue weighted by Crippen LogP contribution is 2.40. The van der Waals surface area contributed by atoms with Crippen LogP contribution in [0.4, 0.5) is 0 Å². The number of fused-ring (bicyclic) bond motifs is 3. The average Bonchev–Trinajstić information content (AvgIpc) is 3.10. The average molecular weight is 260 g/mol. The van der Waals surface area contributed by atoms with Crippen LogP contribution in [0.3, 0.4) is 0 Å². The largest absolute Gasteiger partial charge is 0.310 e. The van der Waals surface area contributed by atoms with Crippen LogP contribution >= 0.6 is 11.3 Å². The van der Waals surface area contributed by atoms with Gasteiger partial charge >= 0.3 is 0 Å². The lowest BCUT2D eigenvalue weighted by Gasteiger charge is -2.17. The molecule has 0 aliphatic heterocycles. The van der Waals surface area contributed by atoms with E-state index < -0.39 is 0 Å². The molecule has 3 nitrogen and oxygen atoms in total. The molecule has 2 aliphatic carbocycles. The van der Waals surface area contributed by atoms with Crippen LogP contribution in [0.25, 0.3) is 10.2 Å². The molecule has 4 heteroatoms. The van der Waals surface area contributed by atoms with E-state index >= 15 is 0 Å². The molecule has 0 radical (unpaired) electrons. The number of aryl methyl sites for hydroxylation is 1. The topological polar surface area (TPSA) is 45.8 Å². The van der Waals surface area contributed by atoms with E-state index in [1.807, 2.05) is 0 Å². The summed E-state index contributed by atoms with van der Waals surface area (Å²) in [5, 5.41) is 0.881. The van der Waals surface area contributed by atoms with Gasteiger partial charge in [0.2, 0.25) is 0 Å². The quantitative estimate of drug-likeness (QED) is 0.856. The molecule has 1 saturated carbocycles. The Labute approximate surface area is 109 Å². The van der Waals surface area contributed by atoms with Crippen LogP contribution in [-0.4, -0.2) is 9.97 Å². The summed E-state index contributed by atoms with van der Waals surface area (Å²) >= 11 is 1.75. The van der Waals surface area contributed by atoms with Crippen LogP contribution in [0.15, 0.2) is 4.79 Å². The summed E-state index contributed by atoms with van der Waals surface area (Å²) in [6.45, 7) is 2.29. The number of hydrogen-bond donors (Lipinski definition) is 1. The third kappa shape index (κ3) is 1.55. The van der Waals surface area contributed by atoms with Crippen molar-refractivity contribution in [3.05, 3.63) is 26.6 Å². The van der Waals surface area contributed by atoms with Crippen molar-refractivity contribution in [2.45, 2.75) is 44.9 Å². The Morgan fingerprint density at radius 2 is 2.17 bits per heavy atom. The van der Waals surface area contributed by atoms with Gasteiger partial charge in [0.05, 0.1) is 5.39 Å². The van der Waals surface area contributed by atoms with Gasteiger partial charge in [-0.1, -0.05) is 6.92 Å². The highest BCUT2D eigenvalue weighted by molar-refractivity contribution is 7.18. The van der Waals surface area contributed by atoms with Gasteiger partial charge in [-0.3, -0.25) is 4.79 Å². The maximum atomic E-state index is 12.3. The Kier molecular flexibility index (Phi) is 2.19. The van der Waals surface area contributed by atoms with Crippen LogP contribution in [0.1, 0.15) is 48.4 Å². The van der Waals surface area contributed by atoms with E-state index in [0.717, 1.165) is 34.8 Å². The van der Waals surface area contributed by atoms with Gasteiger partial charge in [0.15, 0.2) is 0 Å². The van der Waals surface area contributed by atoms with Crippen molar-refractivity contribution in [3.8, 4) is 0 Å². The molecule has 2 aromatic rings. The van der Waals surface area contributed by atoms with Gasteiger partial charge in [-0.25, -0.2) is 4.98 Å². The van der Waals surface area contributed by atoms with E-state index in [-0.39, 0.29) is 5.56 Å². The zero-order chi connectivity index (χ0) is 12.3. The minimum atomic E-state index is 0.0916. The van der Waals surface area contributed by atoms with Gasteiger partial charge in [0, 0.05) is 10.8 Å². The van der Waals surface area contributed by atoms with Crippen LogP contribution in [0.5, 0.6) is 0 Å². The smallest absolute Gasteiger partial charge is 0.259 e. The van der Waals surface area contributed by atoms with Gasteiger partial charge in [-0.05, 0) is 43.6 Å². The van der Waals surface area contributed by atoms with Gasteiger partial charge in [-0.2, -0.15) is 0 Å². The molecule has 94 valence electrons. The number of H-pyrrole nitrogens is 1. The normalized spacial score (nSPS) is 23.3. The first-order valence-corrected chi connectivity index (χ1v) is 7.58. The first-order valence-electron chi connectivity index (χ1n) is 6.77. The van der Waals surface area contributed by atoms with Crippen molar-refractivity contribution >= 4 is 21.6 Å². The number of nitrogens with zero attached hydrogens (tertiary/aromatic N) is 1. The van der Waals surface area contributed by atoms with Crippen LogP contribution in [0, 0.1) is 5.92 Å². The molecule has 2 heterocycles. The van der Waals surface area contributed by atoms with E-state index in [1.165, 1.54) is 29.7 Å². The minimum absolute atomic E-state index is 0.0916. The van der Waals surface area contributed by atoms with E-state index in [1.54, 1.807) is 11.3 Å². The number of rotatable bonds is 1. The van der Waals surface area contributed by atoms with Gasteiger partial charge in [-0.15, -0.1) is 11.3 Å². The molecule has 0 amide bonds. The van der Waals surface area contributed by atoms with Crippen molar-refractivity contribution in [2.24, 2.45) is 5.92 Å². The van der Waals surface area contributed by atoms with E-state index in [0.29, 0.717) is 5.92 Å². The Bertz CT molecular complexity index is 681. The lowest BCUT2D eigenvalue weighted by molar-refractivity contribution is 0.509. The predicted molar refractivity (Wildman–Crippen MR) is 73.4 cm³/mol. The minimum Gasteiger partial charge on any atom is -0.310 e. The fourth-order valence-electron chi connectivity index (χ4n) is 2.92. The van der Waals surface area contributed by atoms with Crippen LogP contribution in [-0.2, 0) is 12.8 Å². The van der Waals surface area contributed by atoms with Crippen molar-refractivity contribution < 1.29 is 0 Å². The summed E-state index contributed by atoms with van der Waals surface area (Å²) in [5.41, 5.74) is 1.37. The fourth-order valence-corrected chi connectivity index (χ4v) is 4.31. The molecule has 4 rings (SSSR count). The molecule has 2 aromatic heterocycles. The summed E-state index contributed by atoms with van der Waals surface area (Å²) in [4.78, 5) is 22.3. The number of aromatic amines is 1. The standard InChI is InChI=1S/C14H16N2OS/c1-7-2-5-9-10(6-7)18-14-11(9)13(17)15-12(16-14)8-3-4-8/h7-8H,2-6H2,1H3,(H,15,16,17)/t7-/m0/s1.